The van der Waals surface area contributed by atoms with Crippen LogP contribution in [0.5, 0.6) is 0 Å². The minimum atomic E-state index is -0.880. The van der Waals surface area contributed by atoms with Crippen molar-refractivity contribution < 1.29 is 9.53 Å². The molecule has 17 heavy (non-hydrogen) atoms. The number of benzene rings is 1. The summed E-state index contributed by atoms with van der Waals surface area (Å²) in [6.07, 6.45) is 0.572. The molecule has 4 nitrogen and oxygen atoms in total. The highest BCUT2D eigenvalue weighted by Crippen LogP contribution is 2.21. The molecule has 0 aromatic heterocycles. The molecule has 1 fully saturated rings. The van der Waals surface area contributed by atoms with Crippen LogP contribution in [0.1, 0.15) is 12.0 Å². The molecule has 0 radical (unpaired) electrons. The maximum atomic E-state index is 12.1. The molecule has 3 N–H and O–H groups in total. The van der Waals surface area contributed by atoms with Gasteiger partial charge in [-0.15, -0.1) is 0 Å². The van der Waals surface area contributed by atoms with E-state index in [1.807, 2.05) is 25.1 Å². The lowest BCUT2D eigenvalue weighted by atomic mass is 9.99. The van der Waals surface area contributed by atoms with Gasteiger partial charge in [-0.05, 0) is 59.7 Å². The summed E-state index contributed by atoms with van der Waals surface area (Å²) in [5.74, 6) is -0.167. The van der Waals surface area contributed by atoms with E-state index in [0.29, 0.717) is 19.6 Å². The average Bonchev–Trinajstić information content (AvgIpc) is 2.71. The molecule has 1 aromatic rings. The van der Waals surface area contributed by atoms with E-state index in [1.165, 1.54) is 0 Å². The predicted molar refractivity (Wildman–Crippen MR) is 74.9 cm³/mol. The Morgan fingerprint density at radius 3 is 2.94 bits per heavy atom. The number of amides is 1. The topological polar surface area (TPSA) is 64.4 Å². The van der Waals surface area contributed by atoms with Crippen LogP contribution in [0, 0.1) is 10.5 Å². The van der Waals surface area contributed by atoms with Crippen molar-refractivity contribution in [3.8, 4) is 0 Å². The number of aryl methyl sites for hydroxylation is 1. The van der Waals surface area contributed by atoms with Gasteiger partial charge in [-0.2, -0.15) is 0 Å². The Bertz CT molecular complexity index is 442. The molecule has 92 valence electrons. The second-order valence-electron chi connectivity index (χ2n) is 4.37. The zero-order chi connectivity index (χ0) is 12.5. The third kappa shape index (κ3) is 2.78. The molecule has 1 atom stereocenters. The van der Waals surface area contributed by atoms with E-state index in [2.05, 4.69) is 27.9 Å². The molecule has 1 saturated heterocycles. The summed E-state index contributed by atoms with van der Waals surface area (Å²) in [4.78, 5) is 12.1. The van der Waals surface area contributed by atoms with Gasteiger partial charge in [0.15, 0.2) is 0 Å². The Hall–Kier alpha value is -0.660. The summed E-state index contributed by atoms with van der Waals surface area (Å²) < 4.78 is 6.32. The molecule has 2 rings (SSSR count). The number of nitrogens with one attached hydrogen (secondary N) is 1. The first kappa shape index (κ1) is 12.8. The van der Waals surface area contributed by atoms with Crippen LogP contribution in [0.25, 0.3) is 0 Å². The van der Waals surface area contributed by atoms with Crippen LogP contribution in [0.3, 0.4) is 0 Å². The van der Waals surface area contributed by atoms with Gasteiger partial charge in [0.2, 0.25) is 5.91 Å². The van der Waals surface area contributed by atoms with E-state index in [4.69, 9.17) is 10.5 Å². The highest BCUT2D eigenvalue weighted by atomic mass is 127. The van der Waals surface area contributed by atoms with Crippen LogP contribution in [0.4, 0.5) is 5.69 Å². The zero-order valence-corrected chi connectivity index (χ0v) is 11.8. The maximum Gasteiger partial charge on any atom is 0.246 e. The molecule has 1 heterocycles. The third-order valence-corrected chi connectivity index (χ3v) is 3.61. The van der Waals surface area contributed by atoms with E-state index in [1.54, 1.807) is 0 Å². The van der Waals surface area contributed by atoms with E-state index < -0.39 is 5.54 Å². The van der Waals surface area contributed by atoms with Gasteiger partial charge in [-0.1, -0.05) is 0 Å². The lowest BCUT2D eigenvalue weighted by molar-refractivity contribution is -0.121. The van der Waals surface area contributed by atoms with Crippen LogP contribution in [0.15, 0.2) is 18.2 Å². The summed E-state index contributed by atoms with van der Waals surface area (Å²) in [6, 6.07) is 5.87. The second-order valence-corrected chi connectivity index (χ2v) is 5.62. The van der Waals surface area contributed by atoms with Crippen molar-refractivity contribution in [1.29, 1.82) is 0 Å². The summed E-state index contributed by atoms with van der Waals surface area (Å²) in [5.41, 5.74) is 6.96. The first-order chi connectivity index (χ1) is 8.01. The van der Waals surface area contributed by atoms with Crippen molar-refractivity contribution in [2.75, 3.05) is 18.5 Å². The van der Waals surface area contributed by atoms with Gasteiger partial charge in [0, 0.05) is 15.9 Å². The SMILES string of the molecule is Cc1cc(I)ccc1NC(=O)C1(N)CCOC1. The van der Waals surface area contributed by atoms with Gasteiger partial charge in [-0.3, -0.25) is 4.79 Å². The summed E-state index contributed by atoms with van der Waals surface area (Å²) in [7, 11) is 0. The van der Waals surface area contributed by atoms with Crippen molar-refractivity contribution in [3.05, 3.63) is 27.3 Å². The van der Waals surface area contributed by atoms with Gasteiger partial charge < -0.3 is 15.8 Å². The largest absolute Gasteiger partial charge is 0.379 e. The minimum Gasteiger partial charge on any atom is -0.379 e. The van der Waals surface area contributed by atoms with Crippen LogP contribution in [-0.4, -0.2) is 24.7 Å². The maximum absolute atomic E-state index is 12.1. The first-order valence-electron chi connectivity index (χ1n) is 5.45. The number of nitrogens with two attached hydrogens (primary N) is 1. The number of rotatable bonds is 2. The Labute approximate surface area is 114 Å². The number of ether oxygens (including phenoxy) is 1. The fraction of sp³-hybridized carbons (Fsp3) is 0.417. The second kappa shape index (κ2) is 4.91. The number of halogens is 1. The van der Waals surface area contributed by atoms with E-state index in [9.17, 15) is 4.79 Å². The summed E-state index contributed by atoms with van der Waals surface area (Å²) in [5, 5.41) is 2.87. The molecule has 1 aromatic carbocycles. The zero-order valence-electron chi connectivity index (χ0n) is 9.63. The number of carbonyl (C=O) groups is 1. The van der Waals surface area contributed by atoms with Crippen molar-refractivity contribution in [2.24, 2.45) is 5.73 Å². The smallest absolute Gasteiger partial charge is 0.246 e. The number of hydrogen-bond donors (Lipinski definition) is 2. The standard InChI is InChI=1S/C12H15IN2O2/c1-8-6-9(13)2-3-10(8)15-11(16)12(14)4-5-17-7-12/h2-3,6H,4-5,7,14H2,1H3,(H,15,16). The van der Waals surface area contributed by atoms with E-state index in [-0.39, 0.29) is 5.91 Å². The van der Waals surface area contributed by atoms with Gasteiger partial charge in [0.25, 0.3) is 0 Å². The van der Waals surface area contributed by atoms with Crippen LogP contribution in [-0.2, 0) is 9.53 Å². The van der Waals surface area contributed by atoms with Crippen molar-refractivity contribution in [2.45, 2.75) is 18.9 Å². The molecule has 0 saturated carbocycles. The molecule has 1 aliphatic heterocycles. The minimum absolute atomic E-state index is 0.167. The van der Waals surface area contributed by atoms with Gasteiger partial charge >= 0.3 is 0 Å². The summed E-state index contributed by atoms with van der Waals surface area (Å²) >= 11 is 2.24. The Balaban J connectivity index is 2.13. The monoisotopic (exact) mass is 346 g/mol. The lowest BCUT2D eigenvalue weighted by Crippen LogP contribution is -2.51. The lowest BCUT2D eigenvalue weighted by Gasteiger charge is -2.21. The molecule has 1 amide bonds. The molecule has 5 heteroatoms. The van der Waals surface area contributed by atoms with Crippen molar-refractivity contribution in [3.63, 3.8) is 0 Å². The van der Waals surface area contributed by atoms with Crippen molar-refractivity contribution >= 4 is 34.2 Å². The number of hydrogen-bond acceptors (Lipinski definition) is 3. The van der Waals surface area contributed by atoms with Crippen molar-refractivity contribution in [1.82, 2.24) is 0 Å². The fourth-order valence-electron chi connectivity index (χ4n) is 1.77. The van der Waals surface area contributed by atoms with Crippen LogP contribution >= 0.6 is 22.6 Å². The van der Waals surface area contributed by atoms with E-state index in [0.717, 1.165) is 14.8 Å². The molecule has 1 unspecified atom stereocenters. The first-order valence-corrected chi connectivity index (χ1v) is 6.53. The quantitative estimate of drug-likeness (QED) is 0.801. The van der Waals surface area contributed by atoms with Crippen LogP contribution in [0.2, 0.25) is 0 Å². The Morgan fingerprint density at radius 2 is 2.35 bits per heavy atom. The normalized spacial score (nSPS) is 23.7. The number of carbonyl (C=O) groups excluding carboxylic acids is 1. The Kier molecular flexibility index (Phi) is 3.70. The van der Waals surface area contributed by atoms with Gasteiger partial charge in [0.1, 0.15) is 5.54 Å². The molecule has 1 aliphatic rings. The van der Waals surface area contributed by atoms with Crippen LogP contribution < -0.4 is 11.1 Å². The van der Waals surface area contributed by atoms with Gasteiger partial charge in [-0.25, -0.2) is 0 Å². The highest BCUT2D eigenvalue weighted by Gasteiger charge is 2.38. The number of anilines is 1. The van der Waals surface area contributed by atoms with Gasteiger partial charge in [0.05, 0.1) is 6.61 Å². The molecule has 0 bridgehead atoms. The average molecular weight is 346 g/mol. The molecule has 0 spiro atoms. The third-order valence-electron chi connectivity index (χ3n) is 2.94. The molecular formula is C12H15IN2O2. The predicted octanol–water partition coefficient (Wildman–Crippen LogP) is 1.66. The molecule has 0 aliphatic carbocycles. The van der Waals surface area contributed by atoms with E-state index >= 15 is 0 Å². The Morgan fingerprint density at radius 1 is 1.59 bits per heavy atom. The summed E-state index contributed by atoms with van der Waals surface area (Å²) in [6.45, 7) is 2.81. The molecular weight excluding hydrogens is 331 g/mol. The highest BCUT2D eigenvalue weighted by molar-refractivity contribution is 14.1. The fourth-order valence-corrected chi connectivity index (χ4v) is 2.42.